The van der Waals surface area contributed by atoms with Crippen LogP contribution in [-0.4, -0.2) is 82.3 Å². The van der Waals surface area contributed by atoms with Gasteiger partial charge in [0.1, 0.15) is 13.2 Å². The maximum Gasteiger partial charge on any atom is 0.306 e. The van der Waals surface area contributed by atoms with E-state index in [9.17, 15) is 19.5 Å². The minimum absolute atomic E-state index is 0.145. The standard InChI is InChI=1S/C76H137NO8/c1-6-8-10-12-14-16-18-20-22-24-26-27-28-29-30-31-32-33-34-35-36-37-38-39-40-41-42-43-44-45-46-47-49-51-53-55-57-59-61-63-65-67-74(79)85-72(71-84-76(75(80)81)82-69-68-77(3,4)5)70-83-73(78)66-64-62-60-58-56-54-52-50-48-25-23-21-19-17-15-13-11-9-7-2/h15,17-18,20-21,23-24,26,28-29,48,50,72,76H,6-14,16,19,22,25,27,30-47,49,51-71H2,1-5H3/b17-15-,20-18-,23-21-,26-24-,29-28-,50-48-. The van der Waals surface area contributed by atoms with Gasteiger partial charge in [-0.05, 0) is 89.9 Å². The van der Waals surface area contributed by atoms with Crippen molar-refractivity contribution in [2.45, 2.75) is 347 Å². The van der Waals surface area contributed by atoms with Crippen LogP contribution in [0.25, 0.3) is 0 Å². The van der Waals surface area contributed by atoms with Gasteiger partial charge < -0.3 is 33.3 Å². The van der Waals surface area contributed by atoms with Crippen LogP contribution in [0, 0.1) is 0 Å². The number of carboxylic acid groups (broad SMARTS) is 1. The Morgan fingerprint density at radius 3 is 0.965 bits per heavy atom. The summed E-state index contributed by atoms with van der Waals surface area (Å²) >= 11 is 0. The average molecular weight is 1190 g/mol. The number of carbonyl (C=O) groups is 3. The van der Waals surface area contributed by atoms with E-state index in [4.69, 9.17) is 18.9 Å². The number of quaternary nitrogens is 1. The van der Waals surface area contributed by atoms with Gasteiger partial charge in [0.25, 0.3) is 0 Å². The molecule has 0 spiro atoms. The molecule has 0 fully saturated rings. The molecule has 0 amide bonds. The molecule has 0 N–H and O–H groups in total. The quantitative estimate of drug-likeness (QED) is 0.0195. The van der Waals surface area contributed by atoms with Crippen molar-refractivity contribution >= 4 is 17.9 Å². The minimum atomic E-state index is -1.63. The van der Waals surface area contributed by atoms with Gasteiger partial charge in [0, 0.05) is 12.8 Å². The molecule has 0 aliphatic rings. The molecular formula is C76H137NO8. The summed E-state index contributed by atoms with van der Waals surface area (Å²) in [5.41, 5.74) is 0. The summed E-state index contributed by atoms with van der Waals surface area (Å²) in [6, 6.07) is 0. The molecule has 494 valence electrons. The molecule has 2 atom stereocenters. The molecule has 0 aliphatic heterocycles. The van der Waals surface area contributed by atoms with Crippen molar-refractivity contribution in [2.75, 3.05) is 47.5 Å². The van der Waals surface area contributed by atoms with E-state index in [1.165, 1.54) is 231 Å². The molecule has 9 heteroatoms. The fraction of sp³-hybridized carbons (Fsp3) is 0.803. The van der Waals surface area contributed by atoms with Gasteiger partial charge in [-0.1, -0.05) is 305 Å². The highest BCUT2D eigenvalue weighted by Gasteiger charge is 2.22. The predicted octanol–water partition coefficient (Wildman–Crippen LogP) is 21.1. The number of allylic oxidation sites excluding steroid dienone is 12. The first-order valence-electron chi connectivity index (χ1n) is 36.1. The number of hydrogen-bond donors (Lipinski definition) is 0. The SMILES string of the molecule is CCCCC/C=C\C/C=C\C/C=C\CCCCCCCCC(=O)OCC(COC(OCC[N+](C)(C)C)C(=O)[O-])OC(=O)CCCCCCCCCCCCCCCCCCCCCCCCCCCC/C=C\C/C=C\C/C=C\CCCCCCC. The smallest absolute Gasteiger partial charge is 0.306 e. The van der Waals surface area contributed by atoms with Crippen LogP contribution in [0.2, 0.25) is 0 Å². The summed E-state index contributed by atoms with van der Waals surface area (Å²) in [5, 5.41) is 11.8. The van der Waals surface area contributed by atoms with Crippen molar-refractivity contribution in [3.05, 3.63) is 72.9 Å². The van der Waals surface area contributed by atoms with Crippen molar-refractivity contribution in [3.63, 3.8) is 0 Å². The predicted molar refractivity (Wildman–Crippen MR) is 361 cm³/mol. The maximum absolute atomic E-state index is 12.9. The van der Waals surface area contributed by atoms with E-state index in [0.29, 0.717) is 17.4 Å². The molecule has 0 rings (SSSR count). The molecule has 0 aliphatic carbocycles. The lowest BCUT2D eigenvalue weighted by Crippen LogP contribution is -2.44. The van der Waals surface area contributed by atoms with Gasteiger partial charge in [0.15, 0.2) is 12.4 Å². The summed E-state index contributed by atoms with van der Waals surface area (Å²) in [4.78, 5) is 37.4. The van der Waals surface area contributed by atoms with E-state index in [1.807, 2.05) is 21.1 Å². The van der Waals surface area contributed by atoms with Gasteiger partial charge in [-0.2, -0.15) is 0 Å². The molecule has 0 aromatic carbocycles. The number of hydrogen-bond acceptors (Lipinski definition) is 8. The van der Waals surface area contributed by atoms with Crippen LogP contribution >= 0.6 is 0 Å². The summed E-state index contributed by atoms with van der Waals surface area (Å²) in [7, 11) is 5.93. The molecule has 9 nitrogen and oxygen atoms in total. The first-order valence-corrected chi connectivity index (χ1v) is 36.1. The number of likely N-dealkylation sites (N-methyl/N-ethyl adjacent to an activating group) is 1. The molecular weight excluding hydrogens is 1050 g/mol. The van der Waals surface area contributed by atoms with Crippen molar-refractivity contribution in [3.8, 4) is 0 Å². The van der Waals surface area contributed by atoms with Gasteiger partial charge in [-0.25, -0.2) is 0 Å². The Hall–Kier alpha value is -3.27. The Bertz CT molecular complexity index is 1620. The number of rotatable bonds is 67. The first kappa shape index (κ1) is 81.7. The number of carbonyl (C=O) groups excluding carboxylic acids is 3. The second-order valence-corrected chi connectivity index (χ2v) is 25.5. The van der Waals surface area contributed by atoms with E-state index >= 15 is 0 Å². The molecule has 0 aromatic heterocycles. The van der Waals surface area contributed by atoms with Crippen LogP contribution in [0.3, 0.4) is 0 Å². The van der Waals surface area contributed by atoms with Crippen molar-refractivity contribution < 1.29 is 42.9 Å². The van der Waals surface area contributed by atoms with Crippen LogP contribution in [0.4, 0.5) is 0 Å². The third-order valence-corrected chi connectivity index (χ3v) is 15.9. The van der Waals surface area contributed by atoms with Crippen molar-refractivity contribution in [1.82, 2.24) is 0 Å². The zero-order valence-corrected chi connectivity index (χ0v) is 56.5. The van der Waals surface area contributed by atoms with E-state index in [1.54, 1.807) is 0 Å². The van der Waals surface area contributed by atoms with Crippen LogP contribution in [0.5, 0.6) is 0 Å². The minimum Gasteiger partial charge on any atom is -0.545 e. The lowest BCUT2D eigenvalue weighted by atomic mass is 10.0. The number of esters is 2. The molecule has 0 saturated carbocycles. The third kappa shape index (κ3) is 68.1. The highest BCUT2D eigenvalue weighted by molar-refractivity contribution is 5.70. The highest BCUT2D eigenvalue weighted by atomic mass is 16.7. The molecule has 0 bridgehead atoms. The average Bonchev–Trinajstić information content (AvgIpc) is 3.50. The fourth-order valence-corrected chi connectivity index (χ4v) is 10.4. The summed E-state index contributed by atoms with van der Waals surface area (Å²) in [6.07, 6.45) is 85.8. The zero-order valence-electron chi connectivity index (χ0n) is 56.5. The zero-order chi connectivity index (χ0) is 61.9. The van der Waals surface area contributed by atoms with E-state index < -0.39 is 24.3 Å². The van der Waals surface area contributed by atoms with E-state index in [-0.39, 0.29) is 38.6 Å². The molecule has 0 saturated heterocycles. The second-order valence-electron chi connectivity index (χ2n) is 25.5. The van der Waals surface area contributed by atoms with Crippen molar-refractivity contribution in [1.29, 1.82) is 0 Å². The largest absolute Gasteiger partial charge is 0.545 e. The van der Waals surface area contributed by atoms with Gasteiger partial charge >= 0.3 is 11.9 Å². The van der Waals surface area contributed by atoms with Crippen LogP contribution in [0.1, 0.15) is 335 Å². The monoisotopic (exact) mass is 1190 g/mol. The van der Waals surface area contributed by atoms with Gasteiger partial charge in [-0.15, -0.1) is 0 Å². The Labute approximate surface area is 526 Å². The van der Waals surface area contributed by atoms with E-state index in [0.717, 1.165) is 70.6 Å². The summed E-state index contributed by atoms with van der Waals surface area (Å²) in [5.74, 6) is -2.29. The van der Waals surface area contributed by atoms with E-state index in [2.05, 4.69) is 86.8 Å². The molecule has 0 aromatic rings. The summed E-state index contributed by atoms with van der Waals surface area (Å²) < 4.78 is 22.8. The van der Waals surface area contributed by atoms with Crippen LogP contribution < -0.4 is 5.11 Å². The third-order valence-electron chi connectivity index (χ3n) is 15.9. The lowest BCUT2D eigenvalue weighted by molar-refractivity contribution is -0.870. The van der Waals surface area contributed by atoms with Gasteiger partial charge in [0.05, 0.1) is 40.3 Å². The summed E-state index contributed by atoms with van der Waals surface area (Å²) in [6.45, 7) is 4.73. The molecule has 2 unspecified atom stereocenters. The number of carboxylic acids is 1. The van der Waals surface area contributed by atoms with Gasteiger partial charge in [-0.3, -0.25) is 9.59 Å². The lowest BCUT2D eigenvalue weighted by Gasteiger charge is -2.26. The number of aliphatic carboxylic acids is 1. The second kappa shape index (κ2) is 66.7. The maximum atomic E-state index is 12.9. The molecule has 0 radical (unpaired) electrons. The Balaban J connectivity index is 3.97. The normalized spacial score (nSPS) is 13.1. The Kier molecular flexibility index (Phi) is 64.1. The fourth-order valence-electron chi connectivity index (χ4n) is 10.4. The van der Waals surface area contributed by atoms with Crippen LogP contribution in [-0.2, 0) is 33.3 Å². The number of unbranched alkanes of at least 4 members (excludes halogenated alkanes) is 40. The first-order chi connectivity index (χ1) is 41.6. The van der Waals surface area contributed by atoms with Crippen LogP contribution in [0.15, 0.2) is 72.9 Å². The van der Waals surface area contributed by atoms with Crippen molar-refractivity contribution in [2.24, 2.45) is 0 Å². The number of nitrogens with zero attached hydrogens (tertiary/aromatic N) is 1. The number of ether oxygens (including phenoxy) is 4. The molecule has 0 heterocycles. The Morgan fingerprint density at radius 2 is 0.635 bits per heavy atom. The highest BCUT2D eigenvalue weighted by Crippen LogP contribution is 2.18. The van der Waals surface area contributed by atoms with Gasteiger partial charge in [0.2, 0.25) is 0 Å². The topological polar surface area (TPSA) is 111 Å². The Morgan fingerprint density at radius 1 is 0.353 bits per heavy atom. The molecule has 85 heavy (non-hydrogen) atoms.